The second-order valence-corrected chi connectivity index (χ2v) is 9.81. The molecule has 6 nitrogen and oxygen atoms in total. The number of nitrogens with one attached hydrogen (secondary N) is 2. The summed E-state index contributed by atoms with van der Waals surface area (Å²) in [7, 11) is 0. The first-order valence-corrected chi connectivity index (χ1v) is 12.6. The Balaban J connectivity index is 1.92. The van der Waals surface area contributed by atoms with E-state index in [1.807, 2.05) is 6.26 Å². The average Bonchev–Trinajstić information content (AvgIpc) is 2.72. The van der Waals surface area contributed by atoms with E-state index in [0.29, 0.717) is 29.0 Å². The molecule has 1 saturated carbocycles. The Morgan fingerprint density at radius 3 is 2.65 bits per heavy atom. The second kappa shape index (κ2) is 12.6. The summed E-state index contributed by atoms with van der Waals surface area (Å²) in [6.45, 7) is 3.95. The molecule has 0 unspecified atom stereocenters. The molecule has 4 atom stereocenters. The molecule has 1 aliphatic carbocycles. The molecule has 2 amide bonds. The standard InChI is InChI=1S/C22H30Cl2N2O4S/c1-13-5-4-6-18(14(13)2)25-20(27)12-30-22(29)19(9-10-31-3)26-21(28)16-8-7-15(23)11-17(16)24/h7-8,11,13-14,18-19H,4-6,9-10,12H2,1-3H3,(H,25,27)(H,26,28)/t13-,14+,18+,19-/m1/s1. The highest BCUT2D eigenvalue weighted by Gasteiger charge is 2.29. The van der Waals surface area contributed by atoms with Crippen molar-refractivity contribution in [1.82, 2.24) is 10.6 Å². The number of carbonyl (C=O) groups excluding carboxylic acids is 3. The summed E-state index contributed by atoms with van der Waals surface area (Å²) >= 11 is 13.5. The molecule has 0 radical (unpaired) electrons. The van der Waals surface area contributed by atoms with Crippen LogP contribution in [0.2, 0.25) is 10.0 Å². The molecule has 0 aromatic heterocycles. The van der Waals surface area contributed by atoms with Gasteiger partial charge in [0.1, 0.15) is 6.04 Å². The van der Waals surface area contributed by atoms with Crippen LogP contribution in [0.1, 0.15) is 49.9 Å². The van der Waals surface area contributed by atoms with E-state index in [1.54, 1.807) is 17.8 Å². The third-order valence-electron chi connectivity index (χ3n) is 5.77. The molecule has 172 valence electrons. The van der Waals surface area contributed by atoms with Gasteiger partial charge in [-0.2, -0.15) is 11.8 Å². The van der Waals surface area contributed by atoms with Crippen LogP contribution in [-0.2, 0) is 14.3 Å². The highest BCUT2D eigenvalue weighted by atomic mass is 35.5. The number of hydrogen-bond acceptors (Lipinski definition) is 5. The molecule has 1 aromatic carbocycles. The predicted molar refractivity (Wildman–Crippen MR) is 126 cm³/mol. The Morgan fingerprint density at radius 1 is 1.23 bits per heavy atom. The zero-order valence-corrected chi connectivity index (χ0v) is 20.4. The van der Waals surface area contributed by atoms with Crippen molar-refractivity contribution in [3.05, 3.63) is 33.8 Å². The summed E-state index contributed by atoms with van der Waals surface area (Å²) in [6, 6.07) is 3.72. The summed E-state index contributed by atoms with van der Waals surface area (Å²) in [5.41, 5.74) is 0.214. The lowest BCUT2D eigenvalue weighted by Crippen LogP contribution is -2.46. The monoisotopic (exact) mass is 488 g/mol. The second-order valence-electron chi connectivity index (χ2n) is 7.98. The van der Waals surface area contributed by atoms with Gasteiger partial charge in [-0.1, -0.05) is 49.9 Å². The zero-order valence-electron chi connectivity index (χ0n) is 18.1. The number of rotatable bonds is 9. The van der Waals surface area contributed by atoms with Crippen molar-refractivity contribution < 1.29 is 19.1 Å². The minimum absolute atomic E-state index is 0.0917. The first-order chi connectivity index (χ1) is 14.7. The number of hydrogen-bond donors (Lipinski definition) is 2. The molecule has 1 aromatic rings. The zero-order chi connectivity index (χ0) is 23.0. The lowest BCUT2D eigenvalue weighted by Gasteiger charge is -2.34. The topological polar surface area (TPSA) is 84.5 Å². The summed E-state index contributed by atoms with van der Waals surface area (Å²) in [4.78, 5) is 37.5. The molecule has 2 rings (SSSR count). The summed E-state index contributed by atoms with van der Waals surface area (Å²) in [6.07, 6.45) is 5.44. The lowest BCUT2D eigenvalue weighted by atomic mass is 9.78. The van der Waals surface area contributed by atoms with Crippen molar-refractivity contribution in [3.63, 3.8) is 0 Å². The fourth-order valence-corrected chi connectivity index (χ4v) is 4.63. The van der Waals surface area contributed by atoms with Crippen LogP contribution in [0.5, 0.6) is 0 Å². The molecular formula is C22H30Cl2N2O4S. The Labute approximate surface area is 198 Å². The van der Waals surface area contributed by atoms with Gasteiger partial charge in [0.25, 0.3) is 11.8 Å². The smallest absolute Gasteiger partial charge is 0.329 e. The van der Waals surface area contributed by atoms with E-state index in [9.17, 15) is 14.4 Å². The molecule has 0 spiro atoms. The molecule has 0 heterocycles. The quantitative estimate of drug-likeness (QED) is 0.505. The molecule has 0 bridgehead atoms. The minimum Gasteiger partial charge on any atom is -0.454 e. The molecule has 1 aliphatic rings. The van der Waals surface area contributed by atoms with Crippen LogP contribution in [0.25, 0.3) is 0 Å². The van der Waals surface area contributed by atoms with Gasteiger partial charge in [-0.05, 0) is 54.9 Å². The maximum absolute atomic E-state index is 12.6. The van der Waals surface area contributed by atoms with Crippen LogP contribution in [0.4, 0.5) is 0 Å². The largest absolute Gasteiger partial charge is 0.454 e. The van der Waals surface area contributed by atoms with Gasteiger partial charge < -0.3 is 15.4 Å². The van der Waals surface area contributed by atoms with Crippen LogP contribution >= 0.6 is 35.0 Å². The van der Waals surface area contributed by atoms with Crippen LogP contribution in [0.15, 0.2) is 18.2 Å². The van der Waals surface area contributed by atoms with Crippen LogP contribution in [0, 0.1) is 11.8 Å². The van der Waals surface area contributed by atoms with E-state index in [2.05, 4.69) is 24.5 Å². The number of benzene rings is 1. The molecule has 9 heteroatoms. The van der Waals surface area contributed by atoms with Crippen molar-refractivity contribution in [2.45, 2.75) is 51.6 Å². The first-order valence-electron chi connectivity index (χ1n) is 10.4. The fourth-order valence-electron chi connectivity index (χ4n) is 3.67. The highest BCUT2D eigenvalue weighted by Crippen LogP contribution is 2.29. The van der Waals surface area contributed by atoms with Crippen LogP contribution in [0.3, 0.4) is 0 Å². The van der Waals surface area contributed by atoms with Crippen molar-refractivity contribution >= 4 is 52.7 Å². The van der Waals surface area contributed by atoms with Crippen molar-refractivity contribution in [2.24, 2.45) is 11.8 Å². The molecule has 2 N–H and O–H groups in total. The van der Waals surface area contributed by atoms with Crippen molar-refractivity contribution in [2.75, 3.05) is 18.6 Å². The molecule has 0 saturated heterocycles. The van der Waals surface area contributed by atoms with Gasteiger partial charge in [-0.3, -0.25) is 9.59 Å². The van der Waals surface area contributed by atoms with Gasteiger partial charge in [0.05, 0.1) is 10.6 Å². The van der Waals surface area contributed by atoms with E-state index in [-0.39, 0.29) is 29.1 Å². The van der Waals surface area contributed by atoms with E-state index in [4.69, 9.17) is 27.9 Å². The molecule has 31 heavy (non-hydrogen) atoms. The van der Waals surface area contributed by atoms with Gasteiger partial charge >= 0.3 is 5.97 Å². The third kappa shape index (κ3) is 7.88. The SMILES string of the molecule is CSCC[C@@H](NC(=O)c1ccc(Cl)cc1Cl)C(=O)OCC(=O)N[C@H]1CCC[C@@H](C)[C@@H]1C. The fraction of sp³-hybridized carbons (Fsp3) is 0.591. The first kappa shape index (κ1) is 25.8. The normalized spacial score (nSPS) is 21.8. The minimum atomic E-state index is -0.881. The van der Waals surface area contributed by atoms with Crippen LogP contribution < -0.4 is 10.6 Å². The highest BCUT2D eigenvalue weighted by molar-refractivity contribution is 7.98. The number of amides is 2. The van der Waals surface area contributed by atoms with Crippen LogP contribution in [-0.4, -0.2) is 48.5 Å². The average molecular weight is 489 g/mol. The van der Waals surface area contributed by atoms with E-state index in [0.717, 1.165) is 19.3 Å². The number of carbonyl (C=O) groups is 3. The van der Waals surface area contributed by atoms with Gasteiger partial charge in [-0.15, -0.1) is 0 Å². The molecule has 1 fully saturated rings. The van der Waals surface area contributed by atoms with E-state index in [1.165, 1.54) is 12.1 Å². The summed E-state index contributed by atoms with van der Waals surface area (Å²) < 4.78 is 5.22. The number of halogens is 2. The maximum Gasteiger partial charge on any atom is 0.329 e. The van der Waals surface area contributed by atoms with Gasteiger partial charge in [0.2, 0.25) is 0 Å². The summed E-state index contributed by atoms with van der Waals surface area (Å²) in [5, 5.41) is 6.24. The Morgan fingerprint density at radius 2 is 1.97 bits per heavy atom. The van der Waals surface area contributed by atoms with E-state index < -0.39 is 17.9 Å². The van der Waals surface area contributed by atoms with E-state index >= 15 is 0 Å². The summed E-state index contributed by atoms with van der Waals surface area (Å²) in [5.74, 6) is 0.0957. The molecule has 0 aliphatic heterocycles. The molecular weight excluding hydrogens is 459 g/mol. The van der Waals surface area contributed by atoms with Gasteiger partial charge in [0, 0.05) is 11.1 Å². The van der Waals surface area contributed by atoms with Gasteiger partial charge in [-0.25, -0.2) is 4.79 Å². The number of ether oxygens (including phenoxy) is 1. The lowest BCUT2D eigenvalue weighted by molar-refractivity contribution is -0.150. The van der Waals surface area contributed by atoms with Crippen molar-refractivity contribution in [1.29, 1.82) is 0 Å². The third-order valence-corrected chi connectivity index (χ3v) is 6.97. The number of esters is 1. The van der Waals surface area contributed by atoms with Crippen molar-refractivity contribution in [3.8, 4) is 0 Å². The maximum atomic E-state index is 12.6. The number of thioether (sulfide) groups is 1. The Kier molecular flexibility index (Phi) is 10.5. The Hall–Kier alpha value is -1.44. The van der Waals surface area contributed by atoms with Gasteiger partial charge in [0.15, 0.2) is 6.61 Å². The Bertz CT molecular complexity index is 793. The predicted octanol–water partition coefficient (Wildman–Crippen LogP) is 4.33.